The lowest BCUT2D eigenvalue weighted by Gasteiger charge is -2.33. The fourth-order valence-electron chi connectivity index (χ4n) is 2.91. The SMILES string of the molecule is CC1CCC(NCc2cccc(Cl)c2O)C(C)C1. The van der Waals surface area contributed by atoms with Crippen molar-refractivity contribution in [3.8, 4) is 5.75 Å². The third-order valence-electron chi connectivity index (χ3n) is 4.06. The van der Waals surface area contributed by atoms with Crippen LogP contribution in [0.2, 0.25) is 5.02 Å². The number of benzene rings is 1. The zero-order chi connectivity index (χ0) is 13.1. The first kappa shape index (κ1) is 13.7. The quantitative estimate of drug-likeness (QED) is 0.869. The second-order valence-corrected chi connectivity index (χ2v) is 6.04. The van der Waals surface area contributed by atoms with Gasteiger partial charge in [0.1, 0.15) is 5.75 Å². The van der Waals surface area contributed by atoms with E-state index in [0.29, 0.717) is 23.5 Å². The van der Waals surface area contributed by atoms with Crippen LogP contribution in [-0.4, -0.2) is 11.1 Å². The molecule has 1 fully saturated rings. The summed E-state index contributed by atoms with van der Waals surface area (Å²) in [5.74, 6) is 1.76. The zero-order valence-corrected chi connectivity index (χ0v) is 11.9. The fraction of sp³-hybridized carbons (Fsp3) is 0.600. The Morgan fingerprint density at radius 3 is 2.83 bits per heavy atom. The molecule has 0 aliphatic heterocycles. The van der Waals surface area contributed by atoms with Crippen molar-refractivity contribution in [1.29, 1.82) is 0 Å². The molecule has 0 amide bonds. The first-order valence-corrected chi connectivity index (χ1v) is 7.15. The minimum Gasteiger partial charge on any atom is -0.506 e. The minimum atomic E-state index is 0.212. The number of rotatable bonds is 3. The Morgan fingerprint density at radius 1 is 1.33 bits per heavy atom. The molecular weight excluding hydrogens is 246 g/mol. The van der Waals surface area contributed by atoms with Gasteiger partial charge in [-0.3, -0.25) is 0 Å². The molecule has 1 saturated carbocycles. The lowest BCUT2D eigenvalue weighted by Crippen LogP contribution is -2.38. The van der Waals surface area contributed by atoms with Crippen LogP contribution in [0.15, 0.2) is 18.2 Å². The zero-order valence-electron chi connectivity index (χ0n) is 11.1. The Kier molecular flexibility index (Phi) is 4.52. The molecule has 2 nitrogen and oxygen atoms in total. The van der Waals surface area contributed by atoms with Crippen LogP contribution in [0, 0.1) is 11.8 Å². The first-order valence-electron chi connectivity index (χ1n) is 6.77. The van der Waals surface area contributed by atoms with Crippen molar-refractivity contribution in [3.05, 3.63) is 28.8 Å². The van der Waals surface area contributed by atoms with Crippen LogP contribution in [-0.2, 0) is 6.54 Å². The normalized spacial score (nSPS) is 28.3. The second kappa shape index (κ2) is 5.94. The maximum Gasteiger partial charge on any atom is 0.138 e. The molecule has 18 heavy (non-hydrogen) atoms. The molecule has 1 aliphatic carbocycles. The molecule has 2 N–H and O–H groups in total. The standard InChI is InChI=1S/C15H22ClNO/c1-10-6-7-14(11(2)8-10)17-9-12-4-3-5-13(16)15(12)18/h3-5,10-11,14,17-18H,6-9H2,1-2H3. The van der Waals surface area contributed by atoms with Gasteiger partial charge < -0.3 is 10.4 Å². The van der Waals surface area contributed by atoms with Gasteiger partial charge in [-0.2, -0.15) is 0 Å². The molecule has 3 unspecified atom stereocenters. The summed E-state index contributed by atoms with van der Waals surface area (Å²) in [6.07, 6.45) is 3.81. The summed E-state index contributed by atoms with van der Waals surface area (Å²) in [6.45, 7) is 5.33. The number of hydrogen-bond donors (Lipinski definition) is 2. The van der Waals surface area contributed by atoms with E-state index >= 15 is 0 Å². The van der Waals surface area contributed by atoms with Crippen molar-refractivity contribution in [2.24, 2.45) is 11.8 Å². The average molecular weight is 268 g/mol. The predicted molar refractivity (Wildman–Crippen MR) is 75.9 cm³/mol. The lowest BCUT2D eigenvalue weighted by atomic mass is 9.80. The average Bonchev–Trinajstić information content (AvgIpc) is 2.33. The molecule has 0 bridgehead atoms. The minimum absolute atomic E-state index is 0.212. The topological polar surface area (TPSA) is 32.3 Å². The van der Waals surface area contributed by atoms with Gasteiger partial charge in [0.15, 0.2) is 0 Å². The molecule has 0 spiro atoms. The van der Waals surface area contributed by atoms with Crippen LogP contribution < -0.4 is 5.32 Å². The van der Waals surface area contributed by atoms with E-state index < -0.39 is 0 Å². The molecule has 0 saturated heterocycles. The predicted octanol–water partition coefficient (Wildman–Crippen LogP) is 3.96. The van der Waals surface area contributed by atoms with Gasteiger partial charge in [0, 0.05) is 18.2 Å². The smallest absolute Gasteiger partial charge is 0.138 e. The lowest BCUT2D eigenvalue weighted by molar-refractivity contribution is 0.226. The van der Waals surface area contributed by atoms with E-state index in [1.165, 1.54) is 19.3 Å². The molecule has 1 aromatic rings. The van der Waals surface area contributed by atoms with E-state index in [0.717, 1.165) is 11.5 Å². The van der Waals surface area contributed by atoms with Crippen LogP contribution in [0.1, 0.15) is 38.7 Å². The molecule has 3 heteroatoms. The highest BCUT2D eigenvalue weighted by Gasteiger charge is 2.24. The fourth-order valence-corrected chi connectivity index (χ4v) is 3.11. The van der Waals surface area contributed by atoms with Crippen LogP contribution in [0.4, 0.5) is 0 Å². The van der Waals surface area contributed by atoms with E-state index in [9.17, 15) is 5.11 Å². The number of halogens is 1. The van der Waals surface area contributed by atoms with Gasteiger partial charge in [-0.1, -0.05) is 37.6 Å². The van der Waals surface area contributed by atoms with Gasteiger partial charge in [-0.05, 0) is 37.2 Å². The van der Waals surface area contributed by atoms with Gasteiger partial charge >= 0.3 is 0 Å². The summed E-state index contributed by atoms with van der Waals surface area (Å²) in [4.78, 5) is 0. The van der Waals surface area contributed by atoms with Crippen molar-refractivity contribution in [3.63, 3.8) is 0 Å². The highest BCUT2D eigenvalue weighted by Crippen LogP contribution is 2.30. The summed E-state index contributed by atoms with van der Waals surface area (Å²) < 4.78 is 0. The maximum atomic E-state index is 9.86. The molecule has 0 heterocycles. The number of para-hydroxylation sites is 1. The Morgan fingerprint density at radius 2 is 2.11 bits per heavy atom. The maximum absolute atomic E-state index is 9.86. The summed E-state index contributed by atoms with van der Waals surface area (Å²) in [7, 11) is 0. The van der Waals surface area contributed by atoms with Crippen LogP contribution in [0.3, 0.4) is 0 Å². The van der Waals surface area contributed by atoms with Crippen molar-refractivity contribution in [2.75, 3.05) is 0 Å². The Hall–Kier alpha value is -0.730. The van der Waals surface area contributed by atoms with Crippen LogP contribution in [0.25, 0.3) is 0 Å². The number of phenols is 1. The highest BCUT2D eigenvalue weighted by molar-refractivity contribution is 6.32. The molecule has 1 aromatic carbocycles. The number of phenolic OH excluding ortho intramolecular Hbond substituents is 1. The third kappa shape index (κ3) is 3.18. The van der Waals surface area contributed by atoms with Gasteiger partial charge in [-0.15, -0.1) is 0 Å². The number of hydrogen-bond acceptors (Lipinski definition) is 2. The van der Waals surface area contributed by atoms with Crippen molar-refractivity contribution in [2.45, 2.75) is 45.7 Å². The Balaban J connectivity index is 1.93. The van der Waals surface area contributed by atoms with Gasteiger partial charge in [0.05, 0.1) is 5.02 Å². The molecule has 1 aliphatic rings. The molecule has 0 radical (unpaired) electrons. The summed E-state index contributed by atoms with van der Waals surface area (Å²) in [6, 6.07) is 6.07. The van der Waals surface area contributed by atoms with Gasteiger partial charge in [0.25, 0.3) is 0 Å². The van der Waals surface area contributed by atoms with Gasteiger partial charge in [0.2, 0.25) is 0 Å². The largest absolute Gasteiger partial charge is 0.506 e. The Bertz CT molecular complexity index is 407. The molecular formula is C15H22ClNO. The highest BCUT2D eigenvalue weighted by atomic mass is 35.5. The third-order valence-corrected chi connectivity index (χ3v) is 4.36. The van der Waals surface area contributed by atoms with E-state index in [1.54, 1.807) is 6.07 Å². The summed E-state index contributed by atoms with van der Waals surface area (Å²) in [5.41, 5.74) is 0.883. The van der Waals surface area contributed by atoms with Crippen LogP contribution in [0.5, 0.6) is 5.75 Å². The molecule has 2 rings (SSSR count). The van der Waals surface area contributed by atoms with E-state index in [2.05, 4.69) is 19.2 Å². The van der Waals surface area contributed by atoms with Crippen molar-refractivity contribution >= 4 is 11.6 Å². The van der Waals surface area contributed by atoms with Crippen LogP contribution >= 0.6 is 11.6 Å². The summed E-state index contributed by atoms with van der Waals surface area (Å²) >= 11 is 5.91. The van der Waals surface area contributed by atoms with E-state index in [4.69, 9.17) is 11.6 Å². The van der Waals surface area contributed by atoms with Gasteiger partial charge in [-0.25, -0.2) is 0 Å². The van der Waals surface area contributed by atoms with E-state index in [-0.39, 0.29) is 5.75 Å². The second-order valence-electron chi connectivity index (χ2n) is 5.63. The van der Waals surface area contributed by atoms with Crippen molar-refractivity contribution < 1.29 is 5.11 Å². The monoisotopic (exact) mass is 267 g/mol. The molecule has 100 valence electrons. The molecule has 0 aromatic heterocycles. The molecule has 3 atom stereocenters. The number of aromatic hydroxyl groups is 1. The van der Waals surface area contributed by atoms with Crippen molar-refractivity contribution in [1.82, 2.24) is 5.32 Å². The summed E-state index contributed by atoms with van der Waals surface area (Å²) in [5, 5.41) is 13.9. The van der Waals surface area contributed by atoms with E-state index in [1.807, 2.05) is 12.1 Å². The number of nitrogens with one attached hydrogen (secondary N) is 1. The first-order chi connectivity index (χ1) is 8.58. The Labute approximate surface area is 114 Å².